The van der Waals surface area contributed by atoms with Crippen molar-refractivity contribution in [3.63, 3.8) is 0 Å². The molecule has 0 bridgehead atoms. The molecule has 0 aliphatic heterocycles. The molecule has 0 unspecified atom stereocenters. The van der Waals surface area contributed by atoms with Gasteiger partial charge in [-0.15, -0.1) is 0 Å². The first-order chi connectivity index (χ1) is 15.9. The summed E-state index contributed by atoms with van der Waals surface area (Å²) in [6.07, 6.45) is 0. The lowest BCUT2D eigenvalue weighted by molar-refractivity contribution is 0.363. The van der Waals surface area contributed by atoms with Crippen molar-refractivity contribution in [2.45, 2.75) is 11.8 Å². The predicted octanol–water partition coefficient (Wildman–Crippen LogP) is 7.01. The lowest BCUT2D eigenvalue weighted by atomic mass is 9.90. The molecule has 0 radical (unpaired) electrons. The van der Waals surface area contributed by atoms with E-state index in [1.54, 1.807) is 24.3 Å². The Bertz CT molecular complexity index is 1340. The third-order valence-corrected chi connectivity index (χ3v) is 6.82. The minimum Gasteiger partial charge on any atom is -0.262 e. The molecule has 166 valence electrons. The largest absolute Gasteiger partial charge is 0.297 e. The molecule has 0 saturated heterocycles. The number of rotatable bonds is 7. The SMILES string of the molecule is Cc1ccc(S(=O)(=O)OC/C(=C(\c2ccccc2)c2ccc(Cl)cc2)c2ccccc2)cc1. The lowest BCUT2D eigenvalue weighted by Crippen LogP contribution is -2.10. The molecule has 0 amide bonds. The highest BCUT2D eigenvalue weighted by Crippen LogP contribution is 2.34. The van der Waals surface area contributed by atoms with E-state index in [-0.39, 0.29) is 11.5 Å². The van der Waals surface area contributed by atoms with Crippen molar-refractivity contribution >= 4 is 32.9 Å². The zero-order valence-corrected chi connectivity index (χ0v) is 19.7. The van der Waals surface area contributed by atoms with Crippen LogP contribution in [-0.4, -0.2) is 15.0 Å². The van der Waals surface area contributed by atoms with Crippen molar-refractivity contribution in [1.82, 2.24) is 0 Å². The van der Waals surface area contributed by atoms with Crippen LogP contribution >= 0.6 is 11.6 Å². The Kier molecular flexibility index (Phi) is 7.09. The molecule has 4 aromatic rings. The molecular weight excluding hydrogens is 452 g/mol. The fourth-order valence-electron chi connectivity index (χ4n) is 3.59. The summed E-state index contributed by atoms with van der Waals surface area (Å²) in [7, 11) is -3.94. The molecular formula is C28H23ClO3S. The Morgan fingerprint density at radius 1 is 0.697 bits per heavy atom. The summed E-state index contributed by atoms with van der Waals surface area (Å²) in [5.41, 5.74) is 5.38. The summed E-state index contributed by atoms with van der Waals surface area (Å²) in [5, 5.41) is 0.630. The van der Waals surface area contributed by atoms with Gasteiger partial charge in [-0.3, -0.25) is 4.18 Å². The molecule has 0 atom stereocenters. The lowest BCUT2D eigenvalue weighted by Gasteiger charge is -2.18. The van der Waals surface area contributed by atoms with Gasteiger partial charge in [0.1, 0.15) is 0 Å². The second-order valence-electron chi connectivity index (χ2n) is 7.62. The summed E-state index contributed by atoms with van der Waals surface area (Å²) in [6.45, 7) is 1.79. The first kappa shape index (κ1) is 23.0. The normalized spacial score (nSPS) is 12.3. The zero-order chi connectivity index (χ0) is 23.3. The minimum absolute atomic E-state index is 0.118. The van der Waals surface area contributed by atoms with Gasteiger partial charge >= 0.3 is 0 Å². The van der Waals surface area contributed by atoms with Gasteiger partial charge in [0.2, 0.25) is 0 Å². The molecule has 0 heterocycles. The summed E-state index contributed by atoms with van der Waals surface area (Å²) in [6, 6.07) is 33.7. The van der Waals surface area contributed by atoms with Gasteiger partial charge in [-0.1, -0.05) is 102 Å². The molecule has 5 heteroatoms. The maximum absolute atomic E-state index is 13.0. The van der Waals surface area contributed by atoms with Crippen LogP contribution in [0.4, 0.5) is 0 Å². The third-order valence-electron chi connectivity index (χ3n) is 5.29. The maximum atomic E-state index is 13.0. The fraction of sp³-hybridized carbons (Fsp3) is 0.0714. The van der Waals surface area contributed by atoms with Gasteiger partial charge in [0.15, 0.2) is 0 Å². The number of hydrogen-bond acceptors (Lipinski definition) is 3. The Hall–Kier alpha value is -3.18. The summed E-state index contributed by atoms with van der Waals surface area (Å²) >= 11 is 6.14. The van der Waals surface area contributed by atoms with E-state index in [2.05, 4.69) is 0 Å². The molecule has 3 nitrogen and oxygen atoms in total. The van der Waals surface area contributed by atoms with Crippen LogP contribution in [0, 0.1) is 6.92 Å². The van der Waals surface area contributed by atoms with Crippen molar-refractivity contribution in [3.05, 3.63) is 136 Å². The molecule has 0 aliphatic rings. The molecule has 33 heavy (non-hydrogen) atoms. The van der Waals surface area contributed by atoms with Crippen LogP contribution in [0.2, 0.25) is 5.02 Å². The highest BCUT2D eigenvalue weighted by molar-refractivity contribution is 7.86. The van der Waals surface area contributed by atoms with Crippen molar-refractivity contribution in [2.75, 3.05) is 6.61 Å². The zero-order valence-electron chi connectivity index (χ0n) is 18.1. The second kappa shape index (κ2) is 10.2. The standard InChI is InChI=1S/C28H23ClO3S/c1-21-12-18-26(19-13-21)33(30,31)32-20-27(22-8-4-2-5-9-22)28(23-10-6-3-7-11-23)24-14-16-25(29)17-15-24/h2-19H,20H2,1H3/b28-27-. The number of hydrogen-bond donors (Lipinski definition) is 0. The van der Waals surface area contributed by atoms with Crippen LogP contribution in [-0.2, 0) is 14.3 Å². The fourth-order valence-corrected chi connectivity index (χ4v) is 4.59. The highest BCUT2D eigenvalue weighted by Gasteiger charge is 2.20. The van der Waals surface area contributed by atoms with Crippen LogP contribution < -0.4 is 0 Å². The van der Waals surface area contributed by atoms with Crippen LogP contribution in [0.1, 0.15) is 22.3 Å². The predicted molar refractivity (Wildman–Crippen MR) is 135 cm³/mol. The summed E-state index contributed by atoms with van der Waals surface area (Å²) in [4.78, 5) is 0.133. The second-order valence-corrected chi connectivity index (χ2v) is 9.67. The van der Waals surface area contributed by atoms with E-state index in [0.29, 0.717) is 5.02 Å². The first-order valence-corrected chi connectivity index (χ1v) is 12.3. The Morgan fingerprint density at radius 2 is 1.21 bits per heavy atom. The van der Waals surface area contributed by atoms with Crippen LogP contribution in [0.15, 0.2) is 114 Å². The molecule has 0 spiro atoms. The Labute approximate surface area is 200 Å². The summed E-state index contributed by atoms with van der Waals surface area (Å²) < 4.78 is 31.5. The average molecular weight is 475 g/mol. The van der Waals surface area contributed by atoms with E-state index < -0.39 is 10.1 Å². The summed E-state index contributed by atoms with van der Waals surface area (Å²) in [5.74, 6) is 0. The number of halogens is 1. The van der Waals surface area contributed by atoms with Crippen LogP contribution in [0.25, 0.3) is 11.1 Å². The van der Waals surface area contributed by atoms with Gasteiger partial charge in [-0.2, -0.15) is 8.42 Å². The van der Waals surface area contributed by atoms with E-state index in [1.165, 1.54) is 0 Å². The van der Waals surface area contributed by atoms with Gasteiger partial charge < -0.3 is 0 Å². The minimum atomic E-state index is -3.94. The monoisotopic (exact) mass is 474 g/mol. The smallest absolute Gasteiger partial charge is 0.262 e. The molecule has 0 fully saturated rings. The van der Waals surface area contributed by atoms with Crippen molar-refractivity contribution in [3.8, 4) is 0 Å². The Morgan fingerprint density at radius 3 is 1.79 bits per heavy atom. The molecule has 4 rings (SSSR count). The van der Waals surface area contributed by atoms with Crippen LogP contribution in [0.3, 0.4) is 0 Å². The molecule has 0 aromatic heterocycles. The van der Waals surface area contributed by atoms with E-state index in [0.717, 1.165) is 33.4 Å². The van der Waals surface area contributed by atoms with Crippen molar-refractivity contribution in [1.29, 1.82) is 0 Å². The van der Waals surface area contributed by atoms with Gasteiger partial charge in [-0.25, -0.2) is 0 Å². The molecule has 4 aromatic carbocycles. The van der Waals surface area contributed by atoms with Gasteiger partial charge in [0, 0.05) is 5.02 Å². The first-order valence-electron chi connectivity index (χ1n) is 10.5. The van der Waals surface area contributed by atoms with E-state index in [4.69, 9.17) is 15.8 Å². The molecule has 0 N–H and O–H groups in total. The van der Waals surface area contributed by atoms with Crippen LogP contribution in [0.5, 0.6) is 0 Å². The quantitative estimate of drug-likeness (QED) is 0.213. The molecule has 0 aliphatic carbocycles. The van der Waals surface area contributed by atoms with E-state index in [9.17, 15) is 8.42 Å². The van der Waals surface area contributed by atoms with Crippen molar-refractivity contribution in [2.24, 2.45) is 0 Å². The topological polar surface area (TPSA) is 43.4 Å². The number of benzene rings is 4. The van der Waals surface area contributed by atoms with Gasteiger partial charge in [-0.05, 0) is 59.0 Å². The van der Waals surface area contributed by atoms with E-state index in [1.807, 2.05) is 91.9 Å². The molecule has 0 saturated carbocycles. The third kappa shape index (κ3) is 5.60. The Balaban J connectivity index is 1.85. The number of aryl methyl sites for hydroxylation is 1. The van der Waals surface area contributed by atoms with Gasteiger partial charge in [0.05, 0.1) is 11.5 Å². The average Bonchev–Trinajstić information content (AvgIpc) is 2.84. The van der Waals surface area contributed by atoms with Gasteiger partial charge in [0.25, 0.3) is 10.1 Å². The highest BCUT2D eigenvalue weighted by atomic mass is 35.5. The van der Waals surface area contributed by atoms with E-state index >= 15 is 0 Å². The van der Waals surface area contributed by atoms with Crippen molar-refractivity contribution < 1.29 is 12.6 Å². The maximum Gasteiger partial charge on any atom is 0.297 e.